The molecule has 2 amide bonds. The maximum Gasteiger partial charge on any atom is 0.404 e. The molecule has 26 heavy (non-hydrogen) atoms. The monoisotopic (exact) mass is 381 g/mol. The van der Waals surface area contributed by atoms with E-state index in [0.717, 1.165) is 0 Å². The number of oxazole rings is 1. The smallest absolute Gasteiger partial charge is 0.404 e. The lowest BCUT2D eigenvalue weighted by atomic mass is 10.0. The van der Waals surface area contributed by atoms with Crippen molar-refractivity contribution in [1.29, 1.82) is 0 Å². The van der Waals surface area contributed by atoms with E-state index < -0.39 is 12.0 Å². The Morgan fingerprint density at radius 2 is 2.12 bits per heavy atom. The Kier molecular flexibility index (Phi) is 6.46. The molecule has 1 heterocycles. The first-order valence-corrected chi connectivity index (χ1v) is 8.26. The third-order valence-electron chi connectivity index (χ3n) is 3.77. The number of nitrogens with one attached hydrogen (secondary N) is 2. The summed E-state index contributed by atoms with van der Waals surface area (Å²) in [5.41, 5.74) is 1.00. The summed E-state index contributed by atoms with van der Waals surface area (Å²) < 4.78 is 10.6. The molecule has 0 aliphatic rings. The van der Waals surface area contributed by atoms with Crippen LogP contribution in [0.3, 0.4) is 0 Å². The van der Waals surface area contributed by atoms with Crippen LogP contribution in [-0.2, 0) is 4.79 Å². The van der Waals surface area contributed by atoms with Gasteiger partial charge in [-0.05, 0) is 19.4 Å². The van der Waals surface area contributed by atoms with Gasteiger partial charge in [-0.15, -0.1) is 0 Å². The van der Waals surface area contributed by atoms with Gasteiger partial charge in [0.2, 0.25) is 5.91 Å². The van der Waals surface area contributed by atoms with Crippen molar-refractivity contribution in [3.63, 3.8) is 0 Å². The van der Waals surface area contributed by atoms with Crippen molar-refractivity contribution in [3.05, 3.63) is 29.7 Å². The number of carboxylic acid groups (broad SMARTS) is 1. The van der Waals surface area contributed by atoms with E-state index in [1.807, 2.05) is 0 Å². The summed E-state index contributed by atoms with van der Waals surface area (Å²) in [7, 11) is 1.50. The molecular formula is C17H20ClN3O5. The van der Waals surface area contributed by atoms with Crippen molar-refractivity contribution >= 4 is 29.3 Å². The van der Waals surface area contributed by atoms with Gasteiger partial charge in [-0.3, -0.25) is 4.79 Å². The molecule has 0 fully saturated rings. The standard InChI is InChI=1S/C17H20ClN3O5/c1-9(4-10(2)20-17(23)24)16(22)21-13-6-14(25-3)11(5-12(13)18)15-7-19-8-26-15/h5-10,20H,4H2,1-3H3,(H,21,22)(H,23,24). The predicted molar refractivity (Wildman–Crippen MR) is 96.5 cm³/mol. The number of carbonyl (C=O) groups excluding carboxylic acids is 1. The molecule has 2 aromatic rings. The highest BCUT2D eigenvalue weighted by Gasteiger charge is 2.20. The highest BCUT2D eigenvalue weighted by atomic mass is 35.5. The van der Waals surface area contributed by atoms with E-state index in [0.29, 0.717) is 34.2 Å². The van der Waals surface area contributed by atoms with Crippen molar-refractivity contribution in [2.24, 2.45) is 5.92 Å². The van der Waals surface area contributed by atoms with Gasteiger partial charge in [-0.1, -0.05) is 18.5 Å². The zero-order chi connectivity index (χ0) is 19.3. The van der Waals surface area contributed by atoms with E-state index in [2.05, 4.69) is 15.6 Å². The number of aromatic nitrogens is 1. The fourth-order valence-corrected chi connectivity index (χ4v) is 2.73. The minimum absolute atomic E-state index is 0.277. The van der Waals surface area contributed by atoms with Crippen LogP contribution in [0.5, 0.6) is 5.75 Å². The Bertz CT molecular complexity index is 779. The minimum Gasteiger partial charge on any atom is -0.496 e. The normalized spacial score (nSPS) is 12.9. The minimum atomic E-state index is -1.12. The Morgan fingerprint density at radius 1 is 1.38 bits per heavy atom. The Labute approximate surface area is 155 Å². The molecule has 9 heteroatoms. The topological polar surface area (TPSA) is 114 Å². The zero-order valence-electron chi connectivity index (χ0n) is 14.6. The average molecular weight is 382 g/mol. The molecule has 2 atom stereocenters. The molecule has 0 aliphatic carbocycles. The van der Waals surface area contributed by atoms with Crippen LogP contribution in [-0.4, -0.2) is 35.2 Å². The molecule has 3 N–H and O–H groups in total. The molecule has 0 saturated heterocycles. The summed E-state index contributed by atoms with van der Waals surface area (Å²) >= 11 is 6.28. The SMILES string of the molecule is COc1cc(NC(=O)C(C)CC(C)NC(=O)O)c(Cl)cc1-c1cnco1. The first kappa shape index (κ1) is 19.6. The van der Waals surface area contributed by atoms with Gasteiger partial charge in [0.05, 0.1) is 29.6 Å². The summed E-state index contributed by atoms with van der Waals surface area (Å²) in [6, 6.07) is 2.87. The summed E-state index contributed by atoms with van der Waals surface area (Å²) in [4.78, 5) is 26.9. The molecule has 8 nitrogen and oxygen atoms in total. The van der Waals surface area contributed by atoms with Crippen molar-refractivity contribution < 1.29 is 23.8 Å². The van der Waals surface area contributed by atoms with E-state index in [1.54, 1.807) is 26.0 Å². The van der Waals surface area contributed by atoms with Crippen LogP contribution < -0.4 is 15.4 Å². The zero-order valence-corrected chi connectivity index (χ0v) is 15.3. The lowest BCUT2D eigenvalue weighted by molar-refractivity contribution is -0.119. The number of hydrogen-bond donors (Lipinski definition) is 3. The van der Waals surface area contributed by atoms with E-state index in [-0.39, 0.29) is 11.9 Å². The summed E-state index contributed by atoms with van der Waals surface area (Å²) in [6.07, 6.45) is 2.06. The highest BCUT2D eigenvalue weighted by molar-refractivity contribution is 6.34. The molecule has 2 rings (SSSR count). The molecule has 1 aromatic carbocycles. The summed E-state index contributed by atoms with van der Waals surface area (Å²) in [6.45, 7) is 3.41. The van der Waals surface area contributed by atoms with Crippen LogP contribution >= 0.6 is 11.6 Å². The van der Waals surface area contributed by atoms with E-state index >= 15 is 0 Å². The highest BCUT2D eigenvalue weighted by Crippen LogP contribution is 2.37. The second-order valence-electron chi connectivity index (χ2n) is 5.87. The number of nitrogens with zero attached hydrogens (tertiary/aromatic N) is 1. The third-order valence-corrected chi connectivity index (χ3v) is 4.08. The number of ether oxygens (including phenoxy) is 1. The fraction of sp³-hybridized carbons (Fsp3) is 0.353. The van der Waals surface area contributed by atoms with Crippen LogP contribution in [0.25, 0.3) is 11.3 Å². The van der Waals surface area contributed by atoms with Gasteiger partial charge < -0.3 is 24.9 Å². The fourth-order valence-electron chi connectivity index (χ4n) is 2.52. The Balaban J connectivity index is 2.13. The van der Waals surface area contributed by atoms with Crippen LogP contribution in [0.15, 0.2) is 29.1 Å². The number of anilines is 1. The van der Waals surface area contributed by atoms with E-state index in [4.69, 9.17) is 25.9 Å². The van der Waals surface area contributed by atoms with Gasteiger partial charge in [-0.25, -0.2) is 9.78 Å². The number of amides is 2. The van der Waals surface area contributed by atoms with E-state index in [1.165, 1.54) is 19.7 Å². The Morgan fingerprint density at radius 3 is 2.69 bits per heavy atom. The maximum atomic E-state index is 12.4. The van der Waals surface area contributed by atoms with Gasteiger partial charge in [0.25, 0.3) is 0 Å². The number of benzene rings is 1. The molecule has 140 valence electrons. The summed E-state index contributed by atoms with van der Waals surface area (Å²) in [5.74, 6) is 0.256. The quantitative estimate of drug-likeness (QED) is 0.674. The van der Waals surface area contributed by atoms with Gasteiger partial charge >= 0.3 is 6.09 Å². The molecule has 1 aromatic heterocycles. The molecular weight excluding hydrogens is 362 g/mol. The van der Waals surface area contributed by atoms with Gasteiger partial charge in [-0.2, -0.15) is 0 Å². The number of hydrogen-bond acceptors (Lipinski definition) is 5. The van der Waals surface area contributed by atoms with Crippen LogP contribution in [0.4, 0.5) is 10.5 Å². The molecule has 0 aliphatic heterocycles. The van der Waals surface area contributed by atoms with Crippen molar-refractivity contribution in [3.8, 4) is 17.1 Å². The molecule has 0 spiro atoms. The maximum absolute atomic E-state index is 12.4. The largest absolute Gasteiger partial charge is 0.496 e. The average Bonchev–Trinajstić information content (AvgIpc) is 3.09. The van der Waals surface area contributed by atoms with E-state index in [9.17, 15) is 9.59 Å². The molecule has 0 saturated carbocycles. The third kappa shape index (κ3) is 4.89. The van der Waals surface area contributed by atoms with Crippen molar-refractivity contribution in [1.82, 2.24) is 10.3 Å². The first-order valence-electron chi connectivity index (χ1n) is 7.88. The summed E-state index contributed by atoms with van der Waals surface area (Å²) in [5, 5.41) is 14.1. The van der Waals surface area contributed by atoms with Crippen LogP contribution in [0, 0.1) is 5.92 Å². The lowest BCUT2D eigenvalue weighted by Crippen LogP contribution is -2.34. The second-order valence-corrected chi connectivity index (χ2v) is 6.28. The number of methoxy groups -OCH3 is 1. The number of carbonyl (C=O) groups is 2. The van der Waals surface area contributed by atoms with Crippen molar-refractivity contribution in [2.75, 3.05) is 12.4 Å². The molecule has 2 unspecified atom stereocenters. The van der Waals surface area contributed by atoms with Crippen LogP contribution in [0.2, 0.25) is 5.02 Å². The van der Waals surface area contributed by atoms with Gasteiger partial charge in [0.15, 0.2) is 12.2 Å². The predicted octanol–water partition coefficient (Wildman–Crippen LogP) is 3.62. The van der Waals surface area contributed by atoms with Gasteiger partial charge in [0, 0.05) is 18.0 Å². The van der Waals surface area contributed by atoms with Crippen LogP contribution in [0.1, 0.15) is 20.3 Å². The number of rotatable bonds is 7. The first-order chi connectivity index (χ1) is 12.3. The van der Waals surface area contributed by atoms with Gasteiger partial charge in [0.1, 0.15) is 5.75 Å². The Hall–Kier alpha value is -2.74. The number of halogens is 1. The van der Waals surface area contributed by atoms with Crippen molar-refractivity contribution in [2.45, 2.75) is 26.3 Å². The lowest BCUT2D eigenvalue weighted by Gasteiger charge is -2.18. The molecule has 0 bridgehead atoms. The second kappa shape index (κ2) is 8.57. The molecule has 0 radical (unpaired) electrons.